The molecule has 0 unspecified atom stereocenters. The van der Waals surface area contributed by atoms with Gasteiger partial charge in [0.05, 0.1) is 0 Å². The Morgan fingerprint density at radius 3 is 2.88 bits per heavy atom. The fraction of sp³-hybridized carbons (Fsp3) is 0.632. The molecule has 0 bridgehead atoms. The van der Waals surface area contributed by atoms with E-state index in [9.17, 15) is 4.79 Å². The molecule has 3 aliphatic rings. The summed E-state index contributed by atoms with van der Waals surface area (Å²) in [4.78, 5) is 16.7. The van der Waals surface area contributed by atoms with Crippen LogP contribution in [0.5, 0.6) is 11.5 Å². The Bertz CT molecular complexity index is 651. The molecule has 1 amide bonds. The average Bonchev–Trinajstić information content (AvgIpc) is 2.81. The SMILES string of the molecule is CN1CCN(Cc2ccc3c(c2)OCCO3)C[C@@]12CCNC(=O)CC2. The van der Waals surface area contributed by atoms with Crippen molar-refractivity contribution in [3.8, 4) is 11.5 Å². The summed E-state index contributed by atoms with van der Waals surface area (Å²) in [5.41, 5.74) is 1.36. The lowest BCUT2D eigenvalue weighted by atomic mass is 9.86. The smallest absolute Gasteiger partial charge is 0.220 e. The van der Waals surface area contributed by atoms with Crippen LogP contribution in [0.4, 0.5) is 0 Å². The number of carbonyl (C=O) groups excluding carboxylic acids is 1. The van der Waals surface area contributed by atoms with E-state index in [0.29, 0.717) is 19.6 Å². The third-order valence-corrected chi connectivity index (χ3v) is 5.82. The number of amides is 1. The number of carbonyl (C=O) groups is 1. The highest BCUT2D eigenvalue weighted by molar-refractivity contribution is 5.76. The molecule has 3 aliphatic heterocycles. The number of rotatable bonds is 2. The highest BCUT2D eigenvalue weighted by Crippen LogP contribution is 2.33. The van der Waals surface area contributed by atoms with Gasteiger partial charge >= 0.3 is 0 Å². The van der Waals surface area contributed by atoms with E-state index in [1.54, 1.807) is 0 Å². The number of ether oxygens (including phenoxy) is 2. The van der Waals surface area contributed by atoms with E-state index in [0.717, 1.165) is 57.1 Å². The highest BCUT2D eigenvalue weighted by Gasteiger charge is 2.40. The van der Waals surface area contributed by atoms with E-state index < -0.39 is 0 Å². The van der Waals surface area contributed by atoms with E-state index in [1.807, 2.05) is 6.07 Å². The first-order valence-corrected chi connectivity index (χ1v) is 9.23. The number of benzene rings is 1. The van der Waals surface area contributed by atoms with E-state index in [-0.39, 0.29) is 11.4 Å². The zero-order valence-corrected chi connectivity index (χ0v) is 14.9. The largest absolute Gasteiger partial charge is 0.486 e. The van der Waals surface area contributed by atoms with Crippen molar-refractivity contribution in [3.05, 3.63) is 23.8 Å². The van der Waals surface area contributed by atoms with Gasteiger partial charge in [0.25, 0.3) is 0 Å². The number of fused-ring (bicyclic) bond motifs is 1. The Kier molecular flexibility index (Phi) is 4.56. The number of nitrogens with one attached hydrogen (secondary N) is 1. The van der Waals surface area contributed by atoms with E-state index in [4.69, 9.17) is 9.47 Å². The van der Waals surface area contributed by atoms with Gasteiger partial charge in [-0.15, -0.1) is 0 Å². The Morgan fingerprint density at radius 1 is 1.16 bits per heavy atom. The Labute approximate surface area is 149 Å². The van der Waals surface area contributed by atoms with Crippen LogP contribution in [0.15, 0.2) is 18.2 Å². The van der Waals surface area contributed by atoms with Gasteiger partial charge in [-0.2, -0.15) is 0 Å². The molecule has 136 valence electrons. The van der Waals surface area contributed by atoms with Gasteiger partial charge in [-0.3, -0.25) is 14.6 Å². The third-order valence-electron chi connectivity index (χ3n) is 5.82. The molecule has 3 heterocycles. The van der Waals surface area contributed by atoms with E-state index in [2.05, 4.69) is 34.3 Å². The number of likely N-dealkylation sites (N-methyl/N-ethyl adjacent to an activating group) is 1. The number of hydrogen-bond donors (Lipinski definition) is 1. The Morgan fingerprint density at radius 2 is 2.00 bits per heavy atom. The first-order valence-electron chi connectivity index (χ1n) is 9.23. The Balaban J connectivity index is 1.47. The molecule has 6 heteroatoms. The maximum Gasteiger partial charge on any atom is 0.220 e. The van der Waals surface area contributed by atoms with Crippen molar-refractivity contribution < 1.29 is 14.3 Å². The van der Waals surface area contributed by atoms with Crippen LogP contribution in [-0.4, -0.2) is 67.7 Å². The zero-order chi connectivity index (χ0) is 17.3. The predicted octanol–water partition coefficient (Wildman–Crippen LogP) is 1.24. The van der Waals surface area contributed by atoms with Crippen LogP contribution < -0.4 is 14.8 Å². The van der Waals surface area contributed by atoms with Gasteiger partial charge < -0.3 is 14.8 Å². The third kappa shape index (κ3) is 3.46. The molecular formula is C19H27N3O3. The van der Waals surface area contributed by atoms with Gasteiger partial charge in [0.15, 0.2) is 11.5 Å². The molecular weight excluding hydrogens is 318 g/mol. The van der Waals surface area contributed by atoms with Crippen LogP contribution in [0, 0.1) is 0 Å². The summed E-state index contributed by atoms with van der Waals surface area (Å²) < 4.78 is 11.3. The lowest BCUT2D eigenvalue weighted by Gasteiger charge is -2.49. The van der Waals surface area contributed by atoms with Crippen molar-refractivity contribution in [1.82, 2.24) is 15.1 Å². The van der Waals surface area contributed by atoms with Gasteiger partial charge in [-0.05, 0) is 37.6 Å². The normalized spacial score (nSPS) is 27.8. The minimum atomic E-state index is 0.102. The maximum absolute atomic E-state index is 11.8. The quantitative estimate of drug-likeness (QED) is 0.874. The lowest BCUT2D eigenvalue weighted by Crippen LogP contribution is -2.60. The van der Waals surface area contributed by atoms with Crippen LogP contribution in [0.1, 0.15) is 24.8 Å². The minimum Gasteiger partial charge on any atom is -0.486 e. The second-order valence-electron chi connectivity index (χ2n) is 7.43. The predicted molar refractivity (Wildman–Crippen MR) is 94.9 cm³/mol. The van der Waals surface area contributed by atoms with Gasteiger partial charge in [-0.25, -0.2) is 0 Å². The summed E-state index contributed by atoms with van der Waals surface area (Å²) >= 11 is 0. The van der Waals surface area contributed by atoms with Gasteiger partial charge in [0.1, 0.15) is 13.2 Å². The van der Waals surface area contributed by atoms with Crippen molar-refractivity contribution in [2.45, 2.75) is 31.3 Å². The number of nitrogens with zero attached hydrogens (tertiary/aromatic N) is 2. The topological polar surface area (TPSA) is 54.0 Å². The monoisotopic (exact) mass is 345 g/mol. The Hall–Kier alpha value is -1.79. The fourth-order valence-electron chi connectivity index (χ4n) is 4.26. The fourth-order valence-corrected chi connectivity index (χ4v) is 4.26. The van der Waals surface area contributed by atoms with Crippen LogP contribution in [0.2, 0.25) is 0 Å². The maximum atomic E-state index is 11.8. The zero-order valence-electron chi connectivity index (χ0n) is 14.9. The molecule has 1 aromatic rings. The molecule has 1 spiro atoms. The average molecular weight is 345 g/mol. The summed E-state index contributed by atoms with van der Waals surface area (Å²) in [5.74, 6) is 1.89. The molecule has 4 rings (SSSR count). The molecule has 1 N–H and O–H groups in total. The van der Waals surface area contributed by atoms with Crippen LogP contribution >= 0.6 is 0 Å². The van der Waals surface area contributed by atoms with Crippen LogP contribution in [0.3, 0.4) is 0 Å². The van der Waals surface area contributed by atoms with Crippen molar-refractivity contribution in [2.24, 2.45) is 0 Å². The first kappa shape index (κ1) is 16.7. The van der Waals surface area contributed by atoms with E-state index in [1.165, 1.54) is 5.56 Å². The first-order chi connectivity index (χ1) is 12.1. The molecule has 1 aromatic carbocycles. The van der Waals surface area contributed by atoms with Crippen molar-refractivity contribution in [2.75, 3.05) is 46.4 Å². The summed E-state index contributed by atoms with van der Waals surface area (Å²) in [5, 5.41) is 3.02. The van der Waals surface area contributed by atoms with Gasteiger partial charge in [-0.1, -0.05) is 6.07 Å². The van der Waals surface area contributed by atoms with Crippen LogP contribution in [0.25, 0.3) is 0 Å². The molecule has 6 nitrogen and oxygen atoms in total. The summed E-state index contributed by atoms with van der Waals surface area (Å²) in [6.45, 7) is 6.03. The van der Waals surface area contributed by atoms with Crippen molar-refractivity contribution in [1.29, 1.82) is 0 Å². The van der Waals surface area contributed by atoms with Crippen molar-refractivity contribution in [3.63, 3.8) is 0 Å². The summed E-state index contributed by atoms with van der Waals surface area (Å²) in [7, 11) is 2.21. The number of hydrogen-bond acceptors (Lipinski definition) is 5. The standard InChI is InChI=1S/C19H27N3O3/c1-21-8-9-22(14-19(21)5-4-18(23)20-7-6-19)13-15-2-3-16-17(12-15)25-11-10-24-16/h2-3,12H,4-11,13-14H2,1H3,(H,20,23)/t19-/m1/s1. The molecule has 0 aromatic heterocycles. The lowest BCUT2D eigenvalue weighted by molar-refractivity contribution is -0.121. The molecule has 0 radical (unpaired) electrons. The van der Waals surface area contributed by atoms with E-state index >= 15 is 0 Å². The summed E-state index contributed by atoms with van der Waals surface area (Å²) in [6, 6.07) is 6.26. The van der Waals surface area contributed by atoms with Crippen molar-refractivity contribution >= 4 is 5.91 Å². The second kappa shape index (κ2) is 6.84. The molecule has 0 aliphatic carbocycles. The molecule has 2 saturated heterocycles. The molecule has 25 heavy (non-hydrogen) atoms. The minimum absolute atomic E-state index is 0.102. The molecule has 2 fully saturated rings. The summed E-state index contributed by atoms with van der Waals surface area (Å²) in [6.07, 6.45) is 2.59. The van der Waals surface area contributed by atoms with Crippen LogP contribution in [-0.2, 0) is 11.3 Å². The number of piperazine rings is 1. The molecule has 1 atom stereocenters. The second-order valence-corrected chi connectivity index (χ2v) is 7.43. The van der Waals surface area contributed by atoms with Gasteiger partial charge in [0.2, 0.25) is 5.91 Å². The van der Waals surface area contributed by atoms with Gasteiger partial charge in [0, 0.05) is 44.7 Å². The highest BCUT2D eigenvalue weighted by atomic mass is 16.6. The molecule has 0 saturated carbocycles.